The molecule has 0 radical (unpaired) electrons. The zero-order valence-corrected chi connectivity index (χ0v) is 12.3. The number of carbonyl (C=O) groups excluding carboxylic acids is 1. The highest BCUT2D eigenvalue weighted by atomic mass is 16.6. The van der Waals surface area contributed by atoms with Crippen LogP contribution in [0.2, 0.25) is 0 Å². The minimum absolute atomic E-state index is 0.0483. The van der Waals surface area contributed by atoms with Crippen LogP contribution < -0.4 is 10.7 Å². The quantitative estimate of drug-likeness (QED) is 0.640. The number of nitrogens with zero attached hydrogens (tertiary/aromatic N) is 1. The second-order valence-corrected chi connectivity index (χ2v) is 5.65. The van der Waals surface area contributed by atoms with E-state index < -0.39 is 11.7 Å². The number of hydrogen-bond acceptors (Lipinski definition) is 4. The molecule has 0 saturated carbocycles. The van der Waals surface area contributed by atoms with Crippen LogP contribution in [-0.4, -0.2) is 17.7 Å². The van der Waals surface area contributed by atoms with Crippen LogP contribution in [0.1, 0.15) is 33.3 Å². The fourth-order valence-electron chi connectivity index (χ4n) is 1.68. The first-order chi connectivity index (χ1) is 9.30. The third kappa shape index (κ3) is 6.17. The molecule has 0 saturated heterocycles. The Morgan fingerprint density at radius 1 is 1.30 bits per heavy atom. The summed E-state index contributed by atoms with van der Waals surface area (Å²) in [5.74, 6) is 0. The second kappa shape index (κ2) is 6.88. The van der Waals surface area contributed by atoms with Crippen molar-refractivity contribution in [3.63, 3.8) is 0 Å². The van der Waals surface area contributed by atoms with Crippen molar-refractivity contribution in [1.82, 2.24) is 5.32 Å². The van der Waals surface area contributed by atoms with Gasteiger partial charge < -0.3 is 10.1 Å². The molecule has 0 aliphatic carbocycles. The number of benzene rings is 1. The van der Waals surface area contributed by atoms with Crippen molar-refractivity contribution < 1.29 is 9.53 Å². The first-order valence-corrected chi connectivity index (χ1v) is 6.47. The van der Waals surface area contributed by atoms with Crippen LogP contribution in [-0.2, 0) is 11.2 Å². The zero-order valence-electron chi connectivity index (χ0n) is 12.3. The molecule has 0 aliphatic heterocycles. The summed E-state index contributed by atoms with van der Waals surface area (Å²) in [6.07, 6.45) is 0.252. The van der Waals surface area contributed by atoms with Crippen molar-refractivity contribution in [3.8, 4) is 0 Å². The number of ether oxygens (including phenoxy) is 1. The molecule has 1 amide bonds. The van der Waals surface area contributed by atoms with E-state index in [2.05, 4.69) is 16.0 Å². The Labute approximate surface area is 118 Å². The highest BCUT2D eigenvalue weighted by molar-refractivity contribution is 5.68. The Morgan fingerprint density at radius 2 is 1.90 bits per heavy atom. The molecule has 0 aliphatic rings. The maximum atomic E-state index is 11.6. The van der Waals surface area contributed by atoms with Crippen LogP contribution in [0.5, 0.6) is 0 Å². The number of carbonyl (C=O) groups is 1. The summed E-state index contributed by atoms with van der Waals surface area (Å²) in [7, 11) is 0. The van der Waals surface area contributed by atoms with Crippen LogP contribution >= 0.6 is 0 Å². The van der Waals surface area contributed by atoms with Crippen molar-refractivity contribution in [2.75, 3.05) is 5.43 Å². The number of hydrogen-bond donors (Lipinski definition) is 2. The van der Waals surface area contributed by atoms with Gasteiger partial charge in [-0.3, -0.25) is 0 Å². The molecule has 0 spiro atoms. The van der Waals surface area contributed by atoms with E-state index in [1.54, 1.807) is 12.1 Å². The molecule has 1 aromatic rings. The number of anilines is 1. The van der Waals surface area contributed by atoms with Crippen LogP contribution in [0.25, 0.3) is 0 Å². The molecule has 1 aromatic carbocycles. The van der Waals surface area contributed by atoms with E-state index in [0.717, 1.165) is 5.56 Å². The van der Waals surface area contributed by atoms with Crippen LogP contribution in [0.4, 0.5) is 10.5 Å². The SMILES string of the molecule is CC(Cc1ccc(NN=O)cc1)NC(=O)OC(C)(C)C. The second-order valence-electron chi connectivity index (χ2n) is 5.65. The average Bonchev–Trinajstić information content (AvgIpc) is 2.29. The molecule has 1 atom stereocenters. The van der Waals surface area contributed by atoms with E-state index in [9.17, 15) is 9.70 Å². The van der Waals surface area contributed by atoms with E-state index in [4.69, 9.17) is 4.74 Å². The third-order valence-electron chi connectivity index (χ3n) is 2.43. The fourth-order valence-corrected chi connectivity index (χ4v) is 1.68. The molecule has 0 fully saturated rings. The van der Waals surface area contributed by atoms with Crippen molar-refractivity contribution >= 4 is 11.8 Å². The minimum atomic E-state index is -0.501. The molecular weight excluding hydrogens is 258 g/mol. The number of amides is 1. The summed E-state index contributed by atoms with van der Waals surface area (Å²) in [6.45, 7) is 7.38. The summed E-state index contributed by atoms with van der Waals surface area (Å²) >= 11 is 0. The molecule has 0 aromatic heterocycles. The van der Waals surface area contributed by atoms with Crippen LogP contribution in [0.3, 0.4) is 0 Å². The first kappa shape index (κ1) is 15.9. The Kier molecular flexibility index (Phi) is 5.49. The maximum Gasteiger partial charge on any atom is 0.407 e. The zero-order chi connectivity index (χ0) is 15.2. The van der Waals surface area contributed by atoms with Crippen molar-refractivity contribution in [2.45, 2.75) is 45.8 Å². The van der Waals surface area contributed by atoms with E-state index in [-0.39, 0.29) is 6.04 Å². The molecule has 6 heteroatoms. The maximum absolute atomic E-state index is 11.6. The van der Waals surface area contributed by atoms with Gasteiger partial charge in [-0.05, 0) is 51.8 Å². The smallest absolute Gasteiger partial charge is 0.407 e. The molecular formula is C14H21N3O3. The third-order valence-corrected chi connectivity index (χ3v) is 2.43. The lowest BCUT2D eigenvalue weighted by molar-refractivity contribution is 0.0508. The number of nitrogens with one attached hydrogen (secondary N) is 2. The Hall–Kier alpha value is -2.11. The largest absolute Gasteiger partial charge is 0.444 e. The van der Waals surface area contributed by atoms with Crippen LogP contribution in [0.15, 0.2) is 29.6 Å². The Morgan fingerprint density at radius 3 is 2.40 bits per heavy atom. The summed E-state index contributed by atoms with van der Waals surface area (Å²) in [6, 6.07) is 7.22. The van der Waals surface area contributed by atoms with Gasteiger partial charge in [-0.2, -0.15) is 0 Å². The lowest BCUT2D eigenvalue weighted by Gasteiger charge is -2.22. The van der Waals surface area contributed by atoms with Gasteiger partial charge in [-0.1, -0.05) is 12.1 Å². The van der Waals surface area contributed by atoms with Gasteiger partial charge in [0.2, 0.25) is 0 Å². The lowest BCUT2D eigenvalue weighted by Crippen LogP contribution is -2.38. The molecule has 0 heterocycles. The molecule has 6 nitrogen and oxygen atoms in total. The Balaban J connectivity index is 2.47. The lowest BCUT2D eigenvalue weighted by atomic mass is 10.1. The van der Waals surface area contributed by atoms with Gasteiger partial charge in [0.05, 0.1) is 11.0 Å². The highest BCUT2D eigenvalue weighted by Gasteiger charge is 2.17. The van der Waals surface area contributed by atoms with E-state index >= 15 is 0 Å². The van der Waals surface area contributed by atoms with Gasteiger partial charge in [0.1, 0.15) is 5.60 Å². The molecule has 2 N–H and O–H groups in total. The summed E-state index contributed by atoms with van der Waals surface area (Å²) in [5, 5.41) is 5.38. The van der Waals surface area contributed by atoms with Gasteiger partial charge in [0.15, 0.2) is 0 Å². The van der Waals surface area contributed by atoms with Gasteiger partial charge >= 0.3 is 6.09 Å². The van der Waals surface area contributed by atoms with Crippen molar-refractivity contribution in [3.05, 3.63) is 34.7 Å². The van der Waals surface area contributed by atoms with Gasteiger partial charge in [-0.25, -0.2) is 10.2 Å². The van der Waals surface area contributed by atoms with E-state index in [0.29, 0.717) is 12.1 Å². The van der Waals surface area contributed by atoms with Gasteiger partial charge in [-0.15, -0.1) is 4.91 Å². The van der Waals surface area contributed by atoms with E-state index in [1.165, 1.54) is 0 Å². The van der Waals surface area contributed by atoms with Crippen molar-refractivity contribution in [1.29, 1.82) is 0 Å². The fraction of sp³-hybridized carbons (Fsp3) is 0.500. The predicted molar refractivity (Wildman–Crippen MR) is 78.4 cm³/mol. The van der Waals surface area contributed by atoms with E-state index in [1.807, 2.05) is 39.8 Å². The number of rotatable bonds is 5. The van der Waals surface area contributed by atoms with Gasteiger partial charge in [0, 0.05) is 6.04 Å². The molecule has 0 bridgehead atoms. The molecule has 1 rings (SSSR count). The molecule has 110 valence electrons. The summed E-state index contributed by atoms with van der Waals surface area (Å²) in [5.41, 5.74) is 3.51. The molecule has 20 heavy (non-hydrogen) atoms. The number of alkyl carbamates (subject to hydrolysis) is 1. The summed E-state index contributed by atoms with van der Waals surface area (Å²) in [4.78, 5) is 21.7. The minimum Gasteiger partial charge on any atom is -0.444 e. The normalized spacial score (nSPS) is 12.4. The molecule has 1 unspecified atom stereocenters. The Bertz CT molecular complexity index is 452. The monoisotopic (exact) mass is 279 g/mol. The van der Waals surface area contributed by atoms with Crippen molar-refractivity contribution in [2.24, 2.45) is 5.29 Å². The van der Waals surface area contributed by atoms with Crippen LogP contribution in [0, 0.1) is 4.91 Å². The first-order valence-electron chi connectivity index (χ1n) is 6.47. The number of nitroso groups, excluding NO2 is 1. The highest BCUT2D eigenvalue weighted by Crippen LogP contribution is 2.12. The standard InChI is InChI=1S/C14H21N3O3/c1-10(15-13(18)20-14(2,3)4)9-11-5-7-12(8-6-11)16-17-19/h5-8,10H,9H2,1-4H3,(H,15,18)(H,16,19). The predicted octanol–water partition coefficient (Wildman–Crippen LogP) is 3.24. The average molecular weight is 279 g/mol. The topological polar surface area (TPSA) is 79.8 Å². The summed E-state index contributed by atoms with van der Waals surface area (Å²) < 4.78 is 5.19. The van der Waals surface area contributed by atoms with Gasteiger partial charge in [0.25, 0.3) is 0 Å².